The summed E-state index contributed by atoms with van der Waals surface area (Å²) in [5.41, 5.74) is 0.984. The highest BCUT2D eigenvalue weighted by atomic mass is 19.1. The first kappa shape index (κ1) is 14.0. The van der Waals surface area contributed by atoms with Gasteiger partial charge in [-0.05, 0) is 44.2 Å². The summed E-state index contributed by atoms with van der Waals surface area (Å²) in [5.74, 6) is -0.0764. The molecular weight excluding hydrogens is 245 g/mol. The van der Waals surface area contributed by atoms with Gasteiger partial charge >= 0.3 is 0 Å². The summed E-state index contributed by atoms with van der Waals surface area (Å²) in [5, 5.41) is 2.71. The smallest absolute Gasteiger partial charge is 0.254 e. The fourth-order valence-electron chi connectivity index (χ4n) is 1.82. The second-order valence-electron chi connectivity index (χ2n) is 5.11. The van der Waals surface area contributed by atoms with Gasteiger partial charge in [0.2, 0.25) is 0 Å². The highest BCUT2D eigenvalue weighted by molar-refractivity contribution is 5.94. The van der Waals surface area contributed by atoms with Crippen LogP contribution in [-0.2, 0) is 4.74 Å². The van der Waals surface area contributed by atoms with Gasteiger partial charge in [-0.3, -0.25) is 4.79 Å². The van der Waals surface area contributed by atoms with Crippen molar-refractivity contribution in [3.05, 3.63) is 35.1 Å². The molecule has 1 aliphatic carbocycles. The van der Waals surface area contributed by atoms with Gasteiger partial charge in [-0.2, -0.15) is 0 Å². The van der Waals surface area contributed by atoms with Crippen molar-refractivity contribution in [2.45, 2.75) is 26.2 Å². The Kier molecular flexibility index (Phi) is 4.91. The maximum absolute atomic E-state index is 13.5. The van der Waals surface area contributed by atoms with Crippen LogP contribution in [-0.4, -0.2) is 25.7 Å². The fourth-order valence-corrected chi connectivity index (χ4v) is 1.82. The molecule has 0 aromatic heterocycles. The van der Waals surface area contributed by atoms with Crippen molar-refractivity contribution < 1.29 is 13.9 Å². The van der Waals surface area contributed by atoms with Crippen LogP contribution in [0.15, 0.2) is 18.2 Å². The molecule has 4 heteroatoms. The van der Waals surface area contributed by atoms with Crippen LogP contribution < -0.4 is 5.32 Å². The van der Waals surface area contributed by atoms with E-state index in [2.05, 4.69) is 5.32 Å². The van der Waals surface area contributed by atoms with E-state index in [9.17, 15) is 9.18 Å². The zero-order valence-electron chi connectivity index (χ0n) is 11.2. The number of nitrogens with one attached hydrogen (secondary N) is 1. The van der Waals surface area contributed by atoms with Crippen LogP contribution in [0.3, 0.4) is 0 Å². The van der Waals surface area contributed by atoms with Crippen molar-refractivity contribution in [1.82, 2.24) is 5.32 Å². The molecule has 3 nitrogen and oxygen atoms in total. The molecule has 2 rings (SSSR count). The van der Waals surface area contributed by atoms with Crippen LogP contribution >= 0.6 is 0 Å². The maximum atomic E-state index is 13.5. The topological polar surface area (TPSA) is 38.3 Å². The molecule has 0 unspecified atom stereocenters. The van der Waals surface area contributed by atoms with Crippen molar-refractivity contribution in [3.63, 3.8) is 0 Å². The largest absolute Gasteiger partial charge is 0.381 e. The van der Waals surface area contributed by atoms with Crippen molar-refractivity contribution in [2.75, 3.05) is 19.8 Å². The Bertz CT molecular complexity index is 444. The van der Waals surface area contributed by atoms with Crippen LogP contribution in [0.2, 0.25) is 0 Å². The Morgan fingerprint density at radius 1 is 1.47 bits per heavy atom. The van der Waals surface area contributed by atoms with Gasteiger partial charge in [-0.1, -0.05) is 11.6 Å². The Morgan fingerprint density at radius 3 is 3.00 bits per heavy atom. The van der Waals surface area contributed by atoms with E-state index >= 15 is 0 Å². The van der Waals surface area contributed by atoms with Crippen LogP contribution in [0.4, 0.5) is 4.39 Å². The molecule has 0 spiro atoms. The number of ether oxygens (including phenoxy) is 1. The molecule has 0 saturated heterocycles. The number of halogens is 1. The van der Waals surface area contributed by atoms with E-state index in [0.717, 1.165) is 24.5 Å². The molecule has 1 fully saturated rings. The molecule has 0 radical (unpaired) electrons. The zero-order valence-corrected chi connectivity index (χ0v) is 11.2. The summed E-state index contributed by atoms with van der Waals surface area (Å²) in [4.78, 5) is 11.8. The Hall–Kier alpha value is -1.42. The Balaban J connectivity index is 1.66. The molecule has 1 N–H and O–H groups in total. The number of carbonyl (C=O) groups is 1. The number of benzene rings is 1. The van der Waals surface area contributed by atoms with Gasteiger partial charge in [0, 0.05) is 19.8 Å². The lowest BCUT2D eigenvalue weighted by atomic mass is 10.1. The normalized spacial score (nSPS) is 14.4. The van der Waals surface area contributed by atoms with Gasteiger partial charge in [0.25, 0.3) is 5.91 Å². The summed E-state index contributed by atoms with van der Waals surface area (Å²) in [6, 6.07) is 4.54. The fraction of sp³-hybridized carbons (Fsp3) is 0.533. The molecule has 1 aromatic carbocycles. The molecule has 1 amide bonds. The lowest BCUT2D eigenvalue weighted by Crippen LogP contribution is -2.26. The van der Waals surface area contributed by atoms with Gasteiger partial charge in [-0.15, -0.1) is 0 Å². The predicted octanol–water partition coefficient (Wildman–Crippen LogP) is 2.68. The van der Waals surface area contributed by atoms with Crippen LogP contribution in [0, 0.1) is 18.7 Å². The number of aryl methyl sites for hydroxylation is 1. The molecule has 1 aromatic rings. The molecule has 0 atom stereocenters. The Morgan fingerprint density at radius 2 is 2.26 bits per heavy atom. The number of hydrogen-bond donors (Lipinski definition) is 1. The lowest BCUT2D eigenvalue weighted by Gasteiger charge is -2.07. The minimum Gasteiger partial charge on any atom is -0.381 e. The summed E-state index contributed by atoms with van der Waals surface area (Å²) in [7, 11) is 0. The van der Waals surface area contributed by atoms with Crippen molar-refractivity contribution >= 4 is 5.91 Å². The first-order valence-electron chi connectivity index (χ1n) is 6.79. The third kappa shape index (κ3) is 4.63. The molecule has 0 heterocycles. The maximum Gasteiger partial charge on any atom is 0.254 e. The van der Waals surface area contributed by atoms with Crippen molar-refractivity contribution in [3.8, 4) is 0 Å². The van der Waals surface area contributed by atoms with Gasteiger partial charge < -0.3 is 10.1 Å². The standard InChI is InChI=1S/C15H20FNO2/c1-11-3-6-14(16)13(9-11)15(18)17-7-2-8-19-10-12-4-5-12/h3,6,9,12H,2,4-5,7-8,10H2,1H3,(H,17,18). The summed E-state index contributed by atoms with van der Waals surface area (Å²) >= 11 is 0. The molecular formula is C15H20FNO2. The molecule has 104 valence electrons. The second kappa shape index (κ2) is 6.66. The second-order valence-corrected chi connectivity index (χ2v) is 5.11. The van der Waals surface area contributed by atoms with Crippen molar-refractivity contribution in [1.29, 1.82) is 0 Å². The van der Waals surface area contributed by atoms with E-state index < -0.39 is 5.82 Å². The molecule has 1 aliphatic rings. The average Bonchev–Trinajstić information content (AvgIpc) is 3.20. The average molecular weight is 265 g/mol. The third-order valence-electron chi connectivity index (χ3n) is 3.17. The van der Waals surface area contributed by atoms with Gasteiger partial charge in [0.05, 0.1) is 5.56 Å². The zero-order chi connectivity index (χ0) is 13.7. The first-order valence-corrected chi connectivity index (χ1v) is 6.79. The minimum absolute atomic E-state index is 0.110. The van der Waals surface area contributed by atoms with Crippen LogP contribution in [0.5, 0.6) is 0 Å². The Labute approximate surface area is 113 Å². The number of carbonyl (C=O) groups excluding carboxylic acids is 1. The van der Waals surface area contributed by atoms with Gasteiger partial charge in [0.1, 0.15) is 5.82 Å². The summed E-state index contributed by atoms with van der Waals surface area (Å²) in [6.07, 6.45) is 3.32. The number of hydrogen-bond acceptors (Lipinski definition) is 2. The number of rotatable bonds is 7. The molecule has 1 saturated carbocycles. The van der Waals surface area contributed by atoms with Gasteiger partial charge in [0.15, 0.2) is 0 Å². The van der Waals surface area contributed by atoms with Crippen LogP contribution in [0.25, 0.3) is 0 Å². The lowest BCUT2D eigenvalue weighted by molar-refractivity contribution is 0.0933. The summed E-state index contributed by atoms with van der Waals surface area (Å²) < 4.78 is 18.9. The number of amides is 1. The van der Waals surface area contributed by atoms with E-state index in [-0.39, 0.29) is 11.5 Å². The van der Waals surface area contributed by atoms with Crippen molar-refractivity contribution in [2.24, 2.45) is 5.92 Å². The predicted molar refractivity (Wildman–Crippen MR) is 71.6 cm³/mol. The first-order chi connectivity index (χ1) is 9.16. The van der Waals surface area contributed by atoms with Gasteiger partial charge in [-0.25, -0.2) is 4.39 Å². The van der Waals surface area contributed by atoms with E-state index in [0.29, 0.717) is 13.2 Å². The molecule has 0 aliphatic heterocycles. The van der Waals surface area contributed by atoms with E-state index in [1.54, 1.807) is 12.1 Å². The minimum atomic E-state index is -0.479. The SMILES string of the molecule is Cc1ccc(F)c(C(=O)NCCCOCC2CC2)c1. The van der Waals surface area contributed by atoms with E-state index in [1.807, 2.05) is 6.92 Å². The van der Waals surface area contributed by atoms with Crippen LogP contribution in [0.1, 0.15) is 35.2 Å². The van der Waals surface area contributed by atoms with E-state index in [1.165, 1.54) is 18.9 Å². The molecule has 0 bridgehead atoms. The molecule has 19 heavy (non-hydrogen) atoms. The summed E-state index contributed by atoms with van der Waals surface area (Å²) in [6.45, 7) is 3.83. The quantitative estimate of drug-likeness (QED) is 0.770. The van der Waals surface area contributed by atoms with E-state index in [4.69, 9.17) is 4.74 Å². The highest BCUT2D eigenvalue weighted by Gasteiger charge is 2.20. The third-order valence-corrected chi connectivity index (χ3v) is 3.17. The monoisotopic (exact) mass is 265 g/mol. The highest BCUT2D eigenvalue weighted by Crippen LogP contribution is 2.28.